The second-order valence-electron chi connectivity index (χ2n) is 8.43. The van der Waals surface area contributed by atoms with Crippen LogP contribution < -0.4 is 0 Å². The first-order valence-corrected chi connectivity index (χ1v) is 11.4. The molecule has 0 bridgehead atoms. The number of amides is 2. The van der Waals surface area contributed by atoms with Crippen LogP contribution in [0.1, 0.15) is 51.0 Å². The Balaban J connectivity index is 0.000000868. The number of carbonyl (C=O) groups excluding carboxylic acids is 2. The Hall–Kier alpha value is -3.94. The van der Waals surface area contributed by atoms with Gasteiger partial charge in [0.25, 0.3) is 18.3 Å². The van der Waals surface area contributed by atoms with E-state index < -0.39 is 0 Å². The Labute approximate surface area is 198 Å². The molecule has 1 fully saturated rings. The number of aromatic amines is 1. The molecule has 0 saturated carbocycles. The van der Waals surface area contributed by atoms with Crippen LogP contribution in [0.2, 0.25) is 0 Å². The average Bonchev–Trinajstić information content (AvgIpc) is 3.38. The first-order valence-electron chi connectivity index (χ1n) is 11.4. The fourth-order valence-electron chi connectivity index (χ4n) is 4.94. The van der Waals surface area contributed by atoms with Crippen LogP contribution in [0, 0.1) is 5.92 Å². The minimum absolute atomic E-state index is 0.0574. The lowest BCUT2D eigenvalue weighted by Gasteiger charge is -2.43. The van der Waals surface area contributed by atoms with Gasteiger partial charge in [0.1, 0.15) is 0 Å². The molecule has 2 aliphatic rings. The van der Waals surface area contributed by atoms with Crippen molar-refractivity contribution in [1.29, 1.82) is 0 Å². The number of aromatic nitrogens is 2. The Morgan fingerprint density at radius 2 is 1.47 bits per heavy atom. The molecule has 3 aromatic rings. The van der Waals surface area contributed by atoms with Crippen molar-refractivity contribution in [2.24, 2.45) is 5.92 Å². The number of H-pyrrole nitrogens is 1. The van der Waals surface area contributed by atoms with Gasteiger partial charge in [-0.3, -0.25) is 14.4 Å². The van der Waals surface area contributed by atoms with Crippen LogP contribution in [0.25, 0.3) is 0 Å². The molecule has 1 unspecified atom stereocenters. The number of carboxylic acid groups (broad SMARTS) is 1. The van der Waals surface area contributed by atoms with Crippen molar-refractivity contribution in [3.05, 3.63) is 89.5 Å². The zero-order valence-corrected chi connectivity index (χ0v) is 18.8. The third-order valence-corrected chi connectivity index (χ3v) is 6.55. The van der Waals surface area contributed by atoms with Crippen LogP contribution >= 0.6 is 0 Å². The highest BCUT2D eigenvalue weighted by Gasteiger charge is 2.40. The number of carbonyl (C=O) groups is 3. The molecule has 0 spiro atoms. The molecule has 2 aliphatic heterocycles. The standard InChI is InChI=1S/C25H26N4O2.CH2O2/c30-24(19-7-3-1-4-8-19)28-14-11-18(12-15-28)23-22-21(26-17-27-22)13-16-29(23)25(31)20-9-5-2-6-10-20;2-1-3/h1-10,17-18,23H,11-16H2,(H,26,27);1H,(H,2,3). The highest BCUT2D eigenvalue weighted by molar-refractivity contribution is 5.95. The molecule has 1 atom stereocenters. The lowest BCUT2D eigenvalue weighted by molar-refractivity contribution is -0.122. The summed E-state index contributed by atoms with van der Waals surface area (Å²) >= 11 is 0. The zero-order chi connectivity index (χ0) is 23.9. The average molecular weight is 461 g/mol. The molecule has 8 nitrogen and oxygen atoms in total. The second-order valence-corrected chi connectivity index (χ2v) is 8.43. The van der Waals surface area contributed by atoms with Crippen LogP contribution in [0.15, 0.2) is 67.0 Å². The Bertz CT molecular complexity index is 1110. The molecule has 2 N–H and O–H groups in total. The summed E-state index contributed by atoms with van der Waals surface area (Å²) in [4.78, 5) is 46.4. The molecule has 0 radical (unpaired) electrons. The molecule has 1 saturated heterocycles. The van der Waals surface area contributed by atoms with Gasteiger partial charge in [0.15, 0.2) is 0 Å². The van der Waals surface area contributed by atoms with Crippen molar-refractivity contribution in [1.82, 2.24) is 19.8 Å². The summed E-state index contributed by atoms with van der Waals surface area (Å²) in [5, 5.41) is 6.89. The Kier molecular flexibility index (Phi) is 7.37. The summed E-state index contributed by atoms with van der Waals surface area (Å²) in [6.45, 7) is 1.82. The quantitative estimate of drug-likeness (QED) is 0.583. The van der Waals surface area contributed by atoms with E-state index >= 15 is 0 Å². The van der Waals surface area contributed by atoms with Crippen molar-refractivity contribution < 1.29 is 19.5 Å². The minimum Gasteiger partial charge on any atom is -0.483 e. The monoisotopic (exact) mass is 460 g/mol. The SMILES string of the molecule is O=C(c1ccccc1)N1CCC(C2c3nc[nH]c3CCN2C(=O)c2ccccc2)CC1.O=CO. The van der Waals surface area contributed by atoms with Gasteiger partial charge >= 0.3 is 0 Å². The molecule has 3 heterocycles. The number of hydrogen-bond acceptors (Lipinski definition) is 4. The molecule has 0 aliphatic carbocycles. The summed E-state index contributed by atoms with van der Waals surface area (Å²) in [7, 11) is 0. The summed E-state index contributed by atoms with van der Waals surface area (Å²) in [6, 6.07) is 18.9. The number of imidazole rings is 1. The van der Waals surface area contributed by atoms with Gasteiger partial charge in [0.2, 0.25) is 0 Å². The summed E-state index contributed by atoms with van der Waals surface area (Å²) in [5.74, 6) is 0.414. The normalized spacial score (nSPS) is 17.8. The summed E-state index contributed by atoms with van der Waals surface area (Å²) < 4.78 is 0. The van der Waals surface area contributed by atoms with Crippen LogP contribution in [-0.4, -0.2) is 62.8 Å². The van der Waals surface area contributed by atoms with E-state index in [1.165, 1.54) is 0 Å². The number of fused-ring (bicyclic) bond motifs is 1. The van der Waals surface area contributed by atoms with Gasteiger partial charge in [-0.05, 0) is 43.0 Å². The van der Waals surface area contributed by atoms with E-state index in [1.807, 2.05) is 70.5 Å². The van der Waals surface area contributed by atoms with Gasteiger partial charge in [-0.25, -0.2) is 4.98 Å². The highest BCUT2D eigenvalue weighted by atomic mass is 16.3. The third-order valence-electron chi connectivity index (χ3n) is 6.55. The number of likely N-dealkylation sites (tertiary alicyclic amines) is 1. The molecule has 176 valence electrons. The van der Waals surface area contributed by atoms with Crippen LogP contribution in [0.4, 0.5) is 0 Å². The maximum Gasteiger partial charge on any atom is 0.290 e. The fraction of sp³-hybridized carbons (Fsp3) is 0.308. The number of piperidine rings is 1. The first kappa shape index (κ1) is 23.2. The topological polar surface area (TPSA) is 107 Å². The van der Waals surface area contributed by atoms with E-state index in [1.54, 1.807) is 6.33 Å². The predicted molar refractivity (Wildman–Crippen MR) is 126 cm³/mol. The van der Waals surface area contributed by atoms with E-state index in [0.717, 1.165) is 36.2 Å². The van der Waals surface area contributed by atoms with Crippen molar-refractivity contribution in [2.45, 2.75) is 25.3 Å². The van der Waals surface area contributed by atoms with Crippen LogP contribution in [0.3, 0.4) is 0 Å². The van der Waals surface area contributed by atoms with Crippen molar-refractivity contribution in [3.63, 3.8) is 0 Å². The number of hydrogen-bond donors (Lipinski definition) is 2. The van der Waals surface area contributed by atoms with E-state index in [-0.39, 0.29) is 30.2 Å². The Morgan fingerprint density at radius 1 is 0.912 bits per heavy atom. The van der Waals surface area contributed by atoms with Gasteiger partial charge in [0.05, 0.1) is 18.1 Å². The number of rotatable bonds is 3. The smallest absolute Gasteiger partial charge is 0.290 e. The molecular formula is C26H28N4O4. The summed E-state index contributed by atoms with van der Waals surface area (Å²) in [5.41, 5.74) is 3.56. The van der Waals surface area contributed by atoms with Crippen molar-refractivity contribution in [2.75, 3.05) is 19.6 Å². The van der Waals surface area contributed by atoms with E-state index in [9.17, 15) is 9.59 Å². The van der Waals surface area contributed by atoms with Crippen molar-refractivity contribution in [3.8, 4) is 0 Å². The molecule has 2 amide bonds. The van der Waals surface area contributed by atoms with Gasteiger partial charge < -0.3 is 19.9 Å². The number of nitrogens with one attached hydrogen (secondary N) is 1. The molecular weight excluding hydrogens is 432 g/mol. The fourth-order valence-corrected chi connectivity index (χ4v) is 4.94. The van der Waals surface area contributed by atoms with Gasteiger partial charge in [-0.2, -0.15) is 0 Å². The van der Waals surface area contributed by atoms with Crippen LogP contribution in [-0.2, 0) is 11.2 Å². The van der Waals surface area contributed by atoms with E-state index in [2.05, 4.69) is 9.97 Å². The molecule has 8 heteroatoms. The summed E-state index contributed by atoms with van der Waals surface area (Å²) in [6.07, 6.45) is 4.24. The van der Waals surface area contributed by atoms with Gasteiger partial charge in [-0.1, -0.05) is 36.4 Å². The van der Waals surface area contributed by atoms with Crippen LogP contribution in [0.5, 0.6) is 0 Å². The lowest BCUT2D eigenvalue weighted by atomic mass is 9.83. The maximum absolute atomic E-state index is 13.4. The molecule has 1 aromatic heterocycles. The lowest BCUT2D eigenvalue weighted by Crippen LogP contribution is -2.47. The first-order chi connectivity index (χ1) is 16.6. The second kappa shape index (κ2) is 10.8. The number of nitrogens with zero attached hydrogens (tertiary/aromatic N) is 3. The van der Waals surface area contributed by atoms with E-state index in [0.29, 0.717) is 25.2 Å². The minimum atomic E-state index is -0.250. The molecule has 2 aromatic carbocycles. The predicted octanol–water partition coefficient (Wildman–Crippen LogP) is 3.40. The molecule has 34 heavy (non-hydrogen) atoms. The van der Waals surface area contributed by atoms with Gasteiger partial charge in [0, 0.05) is 42.9 Å². The highest BCUT2D eigenvalue weighted by Crippen LogP contribution is 2.39. The number of benzene rings is 2. The Morgan fingerprint density at radius 3 is 2.06 bits per heavy atom. The molecule has 5 rings (SSSR count). The maximum atomic E-state index is 13.4. The van der Waals surface area contributed by atoms with E-state index in [4.69, 9.17) is 9.90 Å². The zero-order valence-electron chi connectivity index (χ0n) is 18.8. The third kappa shape index (κ3) is 4.85. The largest absolute Gasteiger partial charge is 0.483 e. The van der Waals surface area contributed by atoms with Gasteiger partial charge in [-0.15, -0.1) is 0 Å². The van der Waals surface area contributed by atoms with Crippen molar-refractivity contribution >= 4 is 18.3 Å².